The van der Waals surface area contributed by atoms with Crippen LogP contribution in [-0.2, 0) is 0 Å². The predicted octanol–water partition coefficient (Wildman–Crippen LogP) is 1.20. The lowest BCUT2D eigenvalue weighted by molar-refractivity contribution is 0.161. The lowest BCUT2D eigenvalue weighted by Gasteiger charge is -2.37. The molecule has 3 nitrogen and oxygen atoms in total. The van der Waals surface area contributed by atoms with Gasteiger partial charge in [-0.15, -0.1) is 0 Å². The van der Waals surface area contributed by atoms with E-state index in [1.54, 1.807) is 0 Å². The van der Waals surface area contributed by atoms with Gasteiger partial charge in [-0.2, -0.15) is 0 Å². The van der Waals surface area contributed by atoms with Crippen LogP contribution in [0, 0.1) is 17.8 Å². The Bertz CT molecular complexity index is 162. The standard InChI is InChI=1S/C12H25NO.H2O/c1-9(2)11-5-4-10(3)8-12(11)13-6-7-14;/h9-14H,4-8H2,1-3H3;1H2. The molecule has 0 bridgehead atoms. The average molecular weight is 217 g/mol. The fourth-order valence-corrected chi connectivity index (χ4v) is 2.69. The minimum absolute atomic E-state index is 0. The zero-order chi connectivity index (χ0) is 10.6. The van der Waals surface area contributed by atoms with Crippen LogP contribution < -0.4 is 5.32 Å². The van der Waals surface area contributed by atoms with Crippen LogP contribution in [-0.4, -0.2) is 29.8 Å². The summed E-state index contributed by atoms with van der Waals surface area (Å²) >= 11 is 0. The number of rotatable bonds is 4. The zero-order valence-electron chi connectivity index (χ0n) is 10.3. The number of hydrogen-bond acceptors (Lipinski definition) is 2. The van der Waals surface area contributed by atoms with E-state index in [-0.39, 0.29) is 12.1 Å². The molecule has 1 rings (SSSR count). The zero-order valence-corrected chi connectivity index (χ0v) is 10.3. The van der Waals surface area contributed by atoms with Gasteiger partial charge in [0, 0.05) is 12.6 Å². The van der Waals surface area contributed by atoms with Gasteiger partial charge < -0.3 is 15.9 Å². The first-order valence-corrected chi connectivity index (χ1v) is 5.99. The quantitative estimate of drug-likeness (QED) is 0.743. The Morgan fingerprint density at radius 2 is 2.00 bits per heavy atom. The Kier molecular flexibility index (Phi) is 7.14. The van der Waals surface area contributed by atoms with Crippen molar-refractivity contribution in [2.24, 2.45) is 17.8 Å². The fourth-order valence-electron chi connectivity index (χ4n) is 2.69. The average Bonchev–Trinajstić information content (AvgIpc) is 2.14. The van der Waals surface area contributed by atoms with E-state index in [4.69, 9.17) is 5.11 Å². The number of nitrogens with one attached hydrogen (secondary N) is 1. The first-order valence-electron chi connectivity index (χ1n) is 5.99. The second kappa shape index (κ2) is 7.20. The first kappa shape index (κ1) is 14.9. The van der Waals surface area contributed by atoms with Crippen molar-refractivity contribution < 1.29 is 10.6 Å². The van der Waals surface area contributed by atoms with Crippen molar-refractivity contribution in [3.05, 3.63) is 0 Å². The van der Waals surface area contributed by atoms with Gasteiger partial charge in [0.05, 0.1) is 6.61 Å². The van der Waals surface area contributed by atoms with E-state index in [0.717, 1.165) is 24.3 Å². The van der Waals surface area contributed by atoms with E-state index in [2.05, 4.69) is 26.1 Å². The van der Waals surface area contributed by atoms with Gasteiger partial charge in [-0.3, -0.25) is 0 Å². The predicted molar refractivity (Wildman–Crippen MR) is 63.8 cm³/mol. The highest BCUT2D eigenvalue weighted by Crippen LogP contribution is 2.33. The molecule has 1 aliphatic rings. The van der Waals surface area contributed by atoms with E-state index in [0.29, 0.717) is 6.04 Å². The van der Waals surface area contributed by atoms with Crippen LogP contribution in [0.15, 0.2) is 0 Å². The molecule has 1 aliphatic carbocycles. The van der Waals surface area contributed by atoms with Crippen molar-refractivity contribution in [1.82, 2.24) is 5.32 Å². The molecule has 3 unspecified atom stereocenters. The molecule has 1 fully saturated rings. The molecule has 0 aromatic rings. The van der Waals surface area contributed by atoms with E-state index in [9.17, 15) is 0 Å². The third-order valence-corrected chi connectivity index (χ3v) is 3.54. The minimum Gasteiger partial charge on any atom is -0.412 e. The summed E-state index contributed by atoms with van der Waals surface area (Å²) in [6, 6.07) is 0.630. The summed E-state index contributed by atoms with van der Waals surface area (Å²) in [5, 5.41) is 12.3. The third-order valence-electron chi connectivity index (χ3n) is 3.54. The summed E-state index contributed by atoms with van der Waals surface area (Å²) in [5.74, 6) is 2.41. The first-order chi connectivity index (χ1) is 6.65. The van der Waals surface area contributed by atoms with Crippen LogP contribution in [0.2, 0.25) is 0 Å². The van der Waals surface area contributed by atoms with Gasteiger partial charge >= 0.3 is 0 Å². The third kappa shape index (κ3) is 4.49. The van der Waals surface area contributed by atoms with Gasteiger partial charge in [0.25, 0.3) is 0 Å². The molecule has 4 N–H and O–H groups in total. The van der Waals surface area contributed by atoms with Gasteiger partial charge in [0.15, 0.2) is 0 Å². The molecule has 0 aliphatic heterocycles. The van der Waals surface area contributed by atoms with Gasteiger partial charge in [-0.25, -0.2) is 0 Å². The molecule has 1 saturated carbocycles. The molecule has 0 amide bonds. The van der Waals surface area contributed by atoms with Crippen LogP contribution in [0.3, 0.4) is 0 Å². The second-order valence-corrected chi connectivity index (χ2v) is 5.11. The minimum atomic E-state index is 0. The molecule has 15 heavy (non-hydrogen) atoms. The van der Waals surface area contributed by atoms with Crippen molar-refractivity contribution >= 4 is 0 Å². The van der Waals surface area contributed by atoms with Gasteiger partial charge in [0.1, 0.15) is 0 Å². The van der Waals surface area contributed by atoms with E-state index < -0.39 is 0 Å². The summed E-state index contributed by atoms with van der Waals surface area (Å²) in [5.41, 5.74) is 0. The highest BCUT2D eigenvalue weighted by Gasteiger charge is 2.29. The van der Waals surface area contributed by atoms with Gasteiger partial charge in [-0.05, 0) is 30.6 Å². The monoisotopic (exact) mass is 217 g/mol. The SMILES string of the molecule is CC1CCC(C(C)C)C(NCCO)C1.O. The molecule has 3 atom stereocenters. The van der Waals surface area contributed by atoms with Crippen molar-refractivity contribution in [3.63, 3.8) is 0 Å². The van der Waals surface area contributed by atoms with Crippen molar-refractivity contribution in [2.45, 2.75) is 46.1 Å². The van der Waals surface area contributed by atoms with E-state index in [1.807, 2.05) is 0 Å². The van der Waals surface area contributed by atoms with Crippen LogP contribution >= 0.6 is 0 Å². The molecule has 0 heterocycles. The van der Waals surface area contributed by atoms with Crippen molar-refractivity contribution in [3.8, 4) is 0 Å². The summed E-state index contributed by atoms with van der Waals surface area (Å²) in [4.78, 5) is 0. The van der Waals surface area contributed by atoms with Crippen LogP contribution in [0.4, 0.5) is 0 Å². The summed E-state index contributed by atoms with van der Waals surface area (Å²) in [6.07, 6.45) is 4.00. The molecule has 92 valence electrons. The molecule has 3 heteroatoms. The fraction of sp³-hybridized carbons (Fsp3) is 1.00. The number of aliphatic hydroxyl groups excluding tert-OH is 1. The number of aliphatic hydroxyl groups is 1. The largest absolute Gasteiger partial charge is 0.412 e. The lowest BCUT2D eigenvalue weighted by atomic mass is 9.74. The maximum Gasteiger partial charge on any atom is 0.0556 e. The van der Waals surface area contributed by atoms with Crippen LogP contribution in [0.25, 0.3) is 0 Å². The van der Waals surface area contributed by atoms with Gasteiger partial charge in [0.2, 0.25) is 0 Å². The summed E-state index contributed by atoms with van der Waals surface area (Å²) in [7, 11) is 0. The highest BCUT2D eigenvalue weighted by molar-refractivity contribution is 4.85. The molecule has 0 spiro atoms. The van der Waals surface area contributed by atoms with E-state index in [1.165, 1.54) is 19.3 Å². The summed E-state index contributed by atoms with van der Waals surface area (Å²) in [6.45, 7) is 7.98. The molecule has 0 aromatic heterocycles. The second-order valence-electron chi connectivity index (χ2n) is 5.11. The smallest absolute Gasteiger partial charge is 0.0556 e. The maximum absolute atomic E-state index is 8.83. The topological polar surface area (TPSA) is 63.8 Å². The molecule has 0 saturated heterocycles. The molecule has 0 aromatic carbocycles. The lowest BCUT2D eigenvalue weighted by Crippen LogP contribution is -2.43. The van der Waals surface area contributed by atoms with Crippen LogP contribution in [0.1, 0.15) is 40.0 Å². The Hall–Kier alpha value is -0.120. The Morgan fingerprint density at radius 3 is 2.53 bits per heavy atom. The van der Waals surface area contributed by atoms with Gasteiger partial charge in [-0.1, -0.05) is 27.2 Å². The maximum atomic E-state index is 8.83. The molecular weight excluding hydrogens is 190 g/mol. The normalized spacial score (nSPS) is 31.4. The Balaban J connectivity index is 0.00000196. The van der Waals surface area contributed by atoms with E-state index >= 15 is 0 Å². The molecule has 0 radical (unpaired) electrons. The Morgan fingerprint density at radius 1 is 1.33 bits per heavy atom. The summed E-state index contributed by atoms with van der Waals surface area (Å²) < 4.78 is 0. The van der Waals surface area contributed by atoms with Crippen molar-refractivity contribution in [2.75, 3.05) is 13.2 Å². The van der Waals surface area contributed by atoms with Crippen molar-refractivity contribution in [1.29, 1.82) is 0 Å². The Labute approximate surface area is 93.6 Å². The van der Waals surface area contributed by atoms with Crippen LogP contribution in [0.5, 0.6) is 0 Å². The highest BCUT2D eigenvalue weighted by atomic mass is 16.3. The number of hydrogen-bond donors (Lipinski definition) is 2. The molecular formula is C12H27NO2.